The molecule has 1 aromatic heterocycles. The number of hydrogen-bond acceptors (Lipinski definition) is 3. The molecule has 0 saturated carbocycles. The van der Waals surface area contributed by atoms with Gasteiger partial charge in [-0.25, -0.2) is 8.78 Å². The molecule has 0 unspecified atom stereocenters. The van der Waals surface area contributed by atoms with Crippen molar-refractivity contribution in [2.24, 2.45) is 5.11 Å². The third kappa shape index (κ3) is 4.98. The zero-order valence-electron chi connectivity index (χ0n) is 20.3. The van der Waals surface area contributed by atoms with Crippen molar-refractivity contribution in [3.8, 4) is 0 Å². The lowest BCUT2D eigenvalue weighted by atomic mass is 9.86. The number of azide groups is 1. The van der Waals surface area contributed by atoms with E-state index >= 15 is 0 Å². The first-order valence-electron chi connectivity index (χ1n) is 11.7. The highest BCUT2D eigenvalue weighted by Gasteiger charge is 2.48. The second-order valence-electron chi connectivity index (χ2n) is 9.94. The van der Waals surface area contributed by atoms with E-state index in [2.05, 4.69) is 56.6 Å². The highest BCUT2D eigenvalue weighted by atomic mass is 28.4. The van der Waals surface area contributed by atoms with E-state index in [9.17, 15) is 14.3 Å². The molecule has 0 saturated heterocycles. The van der Waals surface area contributed by atoms with Crippen LogP contribution in [-0.2, 0) is 4.43 Å². The molecular weight excluding hydrogens is 438 g/mol. The van der Waals surface area contributed by atoms with Gasteiger partial charge in [0.1, 0.15) is 11.6 Å². The second-order valence-corrected chi connectivity index (χ2v) is 15.3. The number of rotatable bonds is 7. The fourth-order valence-corrected chi connectivity index (χ4v) is 11.4. The van der Waals surface area contributed by atoms with Crippen molar-refractivity contribution in [3.63, 3.8) is 0 Å². The summed E-state index contributed by atoms with van der Waals surface area (Å²) in [5.41, 5.74) is 12.6. The maximum absolute atomic E-state index is 14.1. The standard InChI is InChI=1S/C25H34F2N4OSi/c1-15(2)33(16(3)4,17(5)6)32-23-10-9-21(18-12-19(26)14-20(27)13-18)24(30-31-28)22-8-7-11-29-25(22)23/h7-8,11-17,21,23-24H,9-10H2,1-6H3/t21-,23+,24-/m0/s1. The predicted octanol–water partition coefficient (Wildman–Crippen LogP) is 8.52. The number of fused-ring (bicyclic) bond motifs is 1. The molecule has 0 fully saturated rings. The maximum atomic E-state index is 14.1. The lowest BCUT2D eigenvalue weighted by Crippen LogP contribution is -2.48. The molecule has 1 heterocycles. The summed E-state index contributed by atoms with van der Waals surface area (Å²) in [6, 6.07) is 6.61. The fourth-order valence-electron chi connectivity index (χ4n) is 5.90. The number of hydrogen-bond donors (Lipinski definition) is 0. The molecule has 0 amide bonds. The zero-order valence-corrected chi connectivity index (χ0v) is 21.3. The van der Waals surface area contributed by atoms with Crippen molar-refractivity contribution in [2.45, 2.75) is 89.1 Å². The van der Waals surface area contributed by atoms with E-state index in [0.29, 0.717) is 35.0 Å². The predicted molar refractivity (Wildman–Crippen MR) is 129 cm³/mol. The van der Waals surface area contributed by atoms with Crippen molar-refractivity contribution in [3.05, 3.63) is 75.4 Å². The molecule has 178 valence electrons. The van der Waals surface area contributed by atoms with Crippen LogP contribution in [0.3, 0.4) is 0 Å². The van der Waals surface area contributed by atoms with Crippen LogP contribution in [0, 0.1) is 11.6 Å². The first-order chi connectivity index (χ1) is 15.6. The molecule has 8 heteroatoms. The van der Waals surface area contributed by atoms with Crippen LogP contribution in [0.5, 0.6) is 0 Å². The van der Waals surface area contributed by atoms with Gasteiger partial charge in [0.15, 0.2) is 0 Å². The Morgan fingerprint density at radius 2 is 1.64 bits per heavy atom. The van der Waals surface area contributed by atoms with E-state index in [1.807, 2.05) is 12.1 Å². The zero-order chi connectivity index (χ0) is 24.3. The van der Waals surface area contributed by atoms with Crippen molar-refractivity contribution < 1.29 is 13.2 Å². The molecule has 0 radical (unpaired) electrons. The molecule has 33 heavy (non-hydrogen) atoms. The molecule has 3 rings (SSSR count). The molecule has 0 bridgehead atoms. The number of benzene rings is 1. The van der Waals surface area contributed by atoms with Gasteiger partial charge in [-0.15, -0.1) is 0 Å². The molecule has 2 aromatic rings. The Balaban J connectivity index is 2.14. The Kier molecular flexibility index (Phi) is 7.93. The molecule has 0 spiro atoms. The Morgan fingerprint density at radius 1 is 1.03 bits per heavy atom. The van der Waals surface area contributed by atoms with E-state index < -0.39 is 26.0 Å². The normalized spacial score (nSPS) is 21.1. The average molecular weight is 473 g/mol. The van der Waals surface area contributed by atoms with E-state index in [1.165, 1.54) is 12.1 Å². The summed E-state index contributed by atoms with van der Waals surface area (Å²) < 4.78 is 35.3. The molecule has 1 aromatic carbocycles. The molecule has 3 atom stereocenters. The van der Waals surface area contributed by atoms with Crippen molar-refractivity contribution in [1.29, 1.82) is 0 Å². The van der Waals surface area contributed by atoms with E-state index in [0.717, 1.165) is 17.3 Å². The minimum atomic E-state index is -2.23. The fraction of sp³-hybridized carbons (Fsp3) is 0.560. The molecule has 0 aliphatic heterocycles. The highest BCUT2D eigenvalue weighted by molar-refractivity contribution is 6.77. The van der Waals surface area contributed by atoms with E-state index in [1.54, 1.807) is 6.20 Å². The molecule has 0 N–H and O–H groups in total. The summed E-state index contributed by atoms with van der Waals surface area (Å²) in [5.74, 6) is -1.66. The minimum absolute atomic E-state index is 0.264. The molecular formula is C25H34F2N4OSi. The van der Waals surface area contributed by atoms with Crippen LogP contribution >= 0.6 is 0 Å². The smallest absolute Gasteiger partial charge is 0.201 e. The minimum Gasteiger partial charge on any atom is -0.408 e. The van der Waals surface area contributed by atoms with Crippen molar-refractivity contribution in [2.75, 3.05) is 0 Å². The van der Waals surface area contributed by atoms with Gasteiger partial charge in [-0.05, 0) is 70.2 Å². The van der Waals surface area contributed by atoms with Crippen LogP contribution in [0.1, 0.15) is 89.3 Å². The summed E-state index contributed by atoms with van der Waals surface area (Å²) in [6.07, 6.45) is 2.66. The van der Waals surface area contributed by atoms with E-state index in [-0.39, 0.29) is 12.0 Å². The van der Waals surface area contributed by atoms with Crippen LogP contribution in [0.4, 0.5) is 8.78 Å². The summed E-state index contributed by atoms with van der Waals surface area (Å²) in [6.45, 7) is 13.4. The topological polar surface area (TPSA) is 70.9 Å². The van der Waals surface area contributed by atoms with Crippen LogP contribution < -0.4 is 0 Å². The van der Waals surface area contributed by atoms with Crippen molar-refractivity contribution in [1.82, 2.24) is 4.98 Å². The maximum Gasteiger partial charge on any atom is 0.201 e. The Morgan fingerprint density at radius 3 is 2.18 bits per heavy atom. The SMILES string of the molecule is CC(C)[Si](O[C@@H]1CC[C@@H](c2cc(F)cc(F)c2)[C@H](N=[N+]=[N-])c2cccnc21)(C(C)C)C(C)C. The van der Waals surface area contributed by atoms with Gasteiger partial charge in [0, 0.05) is 17.2 Å². The summed E-state index contributed by atoms with van der Waals surface area (Å²) in [4.78, 5) is 7.77. The van der Waals surface area contributed by atoms with Crippen LogP contribution in [0.2, 0.25) is 16.6 Å². The summed E-state index contributed by atoms with van der Waals surface area (Å²) in [5, 5.41) is 4.09. The van der Waals surface area contributed by atoms with Gasteiger partial charge in [-0.2, -0.15) is 0 Å². The van der Waals surface area contributed by atoms with E-state index in [4.69, 9.17) is 4.43 Å². The van der Waals surface area contributed by atoms with Gasteiger partial charge in [0.2, 0.25) is 8.32 Å². The van der Waals surface area contributed by atoms with Crippen LogP contribution in [0.25, 0.3) is 10.4 Å². The lowest BCUT2D eigenvalue weighted by Gasteiger charge is -2.44. The summed E-state index contributed by atoms with van der Waals surface area (Å²) >= 11 is 0. The first kappa shape index (κ1) is 25.3. The van der Waals surface area contributed by atoms with Gasteiger partial charge < -0.3 is 4.43 Å². The monoisotopic (exact) mass is 472 g/mol. The number of halogens is 2. The van der Waals surface area contributed by atoms with Gasteiger partial charge in [0.25, 0.3) is 0 Å². The molecule has 1 aliphatic rings. The number of aromatic nitrogens is 1. The Labute approximate surface area is 196 Å². The van der Waals surface area contributed by atoms with Gasteiger partial charge in [0.05, 0.1) is 17.8 Å². The number of nitrogens with zero attached hydrogens (tertiary/aromatic N) is 4. The summed E-state index contributed by atoms with van der Waals surface area (Å²) in [7, 11) is -2.23. The van der Waals surface area contributed by atoms with Crippen LogP contribution in [-0.4, -0.2) is 13.3 Å². The Hall–Kier alpha value is -2.28. The average Bonchev–Trinajstić information content (AvgIpc) is 2.88. The quantitative estimate of drug-likeness (QED) is 0.133. The van der Waals surface area contributed by atoms with Crippen LogP contribution in [0.15, 0.2) is 41.6 Å². The first-order valence-corrected chi connectivity index (χ1v) is 13.9. The van der Waals surface area contributed by atoms with Gasteiger partial charge in [-0.3, -0.25) is 4.98 Å². The third-order valence-corrected chi connectivity index (χ3v) is 13.3. The van der Waals surface area contributed by atoms with Gasteiger partial charge >= 0.3 is 0 Å². The second kappa shape index (κ2) is 10.3. The van der Waals surface area contributed by atoms with Gasteiger partial charge in [-0.1, -0.05) is 52.7 Å². The number of pyridine rings is 1. The highest BCUT2D eigenvalue weighted by Crippen LogP contribution is 2.50. The molecule has 5 nitrogen and oxygen atoms in total. The third-order valence-electron chi connectivity index (χ3n) is 7.16. The lowest BCUT2D eigenvalue weighted by molar-refractivity contribution is 0.160. The largest absolute Gasteiger partial charge is 0.408 e. The van der Waals surface area contributed by atoms with Crippen molar-refractivity contribution >= 4 is 8.32 Å². The Bertz CT molecular complexity index is 981. The molecule has 1 aliphatic carbocycles.